The number of fused-ring (bicyclic) bond motifs is 1. The summed E-state index contributed by atoms with van der Waals surface area (Å²) in [6, 6.07) is 9.51. The van der Waals surface area contributed by atoms with Gasteiger partial charge in [0.1, 0.15) is 11.6 Å². The van der Waals surface area contributed by atoms with Crippen molar-refractivity contribution in [2.75, 3.05) is 31.7 Å². The van der Waals surface area contributed by atoms with Gasteiger partial charge in [-0.15, -0.1) is 0 Å². The first-order valence-corrected chi connectivity index (χ1v) is 10.7. The molecule has 0 saturated carbocycles. The van der Waals surface area contributed by atoms with Gasteiger partial charge < -0.3 is 18.9 Å². The van der Waals surface area contributed by atoms with Crippen LogP contribution in [-0.4, -0.2) is 52.9 Å². The number of benzene rings is 1. The molecular formula is C24H32N4O3. The van der Waals surface area contributed by atoms with Crippen molar-refractivity contribution in [3.8, 4) is 11.4 Å². The average molecular weight is 425 g/mol. The van der Waals surface area contributed by atoms with Crippen molar-refractivity contribution < 1.29 is 14.3 Å². The highest BCUT2D eigenvalue weighted by atomic mass is 16.5. The molecule has 7 nitrogen and oxygen atoms in total. The Labute approximate surface area is 184 Å². The SMILES string of the molecule is CCN(CC)c1ccc(-c2nc3cc(C(=O)OC)ccc3n2CCOC(C)(C)C)cn1. The van der Waals surface area contributed by atoms with Crippen LogP contribution in [0.5, 0.6) is 0 Å². The van der Waals surface area contributed by atoms with Gasteiger partial charge in [0.05, 0.1) is 35.9 Å². The number of carbonyl (C=O) groups is 1. The second kappa shape index (κ2) is 9.47. The van der Waals surface area contributed by atoms with Gasteiger partial charge in [0.25, 0.3) is 0 Å². The van der Waals surface area contributed by atoms with E-state index in [2.05, 4.69) is 28.3 Å². The monoisotopic (exact) mass is 424 g/mol. The molecule has 0 bridgehead atoms. The number of imidazole rings is 1. The van der Waals surface area contributed by atoms with E-state index in [1.165, 1.54) is 7.11 Å². The number of methoxy groups -OCH3 is 1. The molecule has 3 aromatic rings. The predicted octanol–water partition coefficient (Wildman–Crippen LogP) is 4.55. The number of esters is 1. The smallest absolute Gasteiger partial charge is 0.337 e. The van der Waals surface area contributed by atoms with Gasteiger partial charge in [-0.3, -0.25) is 0 Å². The maximum Gasteiger partial charge on any atom is 0.337 e. The van der Waals surface area contributed by atoms with Crippen LogP contribution >= 0.6 is 0 Å². The summed E-state index contributed by atoms with van der Waals surface area (Å²) < 4.78 is 12.9. The van der Waals surface area contributed by atoms with E-state index in [1.54, 1.807) is 12.1 Å². The minimum atomic E-state index is -0.376. The zero-order chi connectivity index (χ0) is 22.6. The molecule has 0 spiro atoms. The molecule has 3 rings (SSSR count). The summed E-state index contributed by atoms with van der Waals surface area (Å²) in [7, 11) is 1.38. The summed E-state index contributed by atoms with van der Waals surface area (Å²) >= 11 is 0. The van der Waals surface area contributed by atoms with E-state index < -0.39 is 0 Å². The third kappa shape index (κ3) is 5.22. The van der Waals surface area contributed by atoms with Gasteiger partial charge in [-0.2, -0.15) is 0 Å². The number of pyridine rings is 1. The molecule has 0 aliphatic carbocycles. The van der Waals surface area contributed by atoms with Crippen LogP contribution in [0.3, 0.4) is 0 Å². The largest absolute Gasteiger partial charge is 0.465 e. The number of carbonyl (C=O) groups excluding carboxylic acids is 1. The van der Waals surface area contributed by atoms with E-state index >= 15 is 0 Å². The Hall–Kier alpha value is -2.93. The Morgan fingerprint density at radius 1 is 1.13 bits per heavy atom. The van der Waals surface area contributed by atoms with Gasteiger partial charge >= 0.3 is 5.97 Å². The van der Waals surface area contributed by atoms with Gasteiger partial charge in [0, 0.05) is 31.4 Å². The van der Waals surface area contributed by atoms with Crippen LogP contribution in [0, 0.1) is 0 Å². The number of rotatable bonds is 8. The third-order valence-electron chi connectivity index (χ3n) is 5.11. The molecule has 0 amide bonds. The fraction of sp³-hybridized carbons (Fsp3) is 0.458. The number of nitrogens with zero attached hydrogens (tertiary/aromatic N) is 4. The lowest BCUT2D eigenvalue weighted by Gasteiger charge is -2.21. The molecule has 0 atom stereocenters. The minimum Gasteiger partial charge on any atom is -0.465 e. The van der Waals surface area contributed by atoms with Crippen molar-refractivity contribution in [3.63, 3.8) is 0 Å². The van der Waals surface area contributed by atoms with Gasteiger partial charge in [-0.1, -0.05) is 0 Å². The van der Waals surface area contributed by atoms with Crippen molar-refractivity contribution in [2.24, 2.45) is 0 Å². The highest BCUT2D eigenvalue weighted by molar-refractivity contribution is 5.94. The highest BCUT2D eigenvalue weighted by Crippen LogP contribution is 2.27. The Morgan fingerprint density at radius 3 is 2.45 bits per heavy atom. The van der Waals surface area contributed by atoms with Crippen molar-refractivity contribution in [1.82, 2.24) is 14.5 Å². The number of hydrogen-bond donors (Lipinski definition) is 0. The number of ether oxygens (including phenoxy) is 2. The maximum atomic E-state index is 12.0. The van der Waals surface area contributed by atoms with Crippen LogP contribution in [0.2, 0.25) is 0 Å². The van der Waals surface area contributed by atoms with Crippen LogP contribution in [0.15, 0.2) is 36.5 Å². The van der Waals surface area contributed by atoms with E-state index in [0.29, 0.717) is 18.7 Å². The highest BCUT2D eigenvalue weighted by Gasteiger charge is 2.17. The standard InChI is InChI=1S/C24H32N4O3/c1-7-27(8-2)21-12-10-18(16-25-21)22-26-19-15-17(23(29)30-6)9-11-20(19)28(22)13-14-31-24(3,4)5/h9-12,15-16H,7-8,13-14H2,1-6H3. The Bertz CT molecular complexity index is 1030. The lowest BCUT2D eigenvalue weighted by atomic mass is 10.2. The number of anilines is 1. The first-order valence-electron chi connectivity index (χ1n) is 10.7. The molecule has 166 valence electrons. The van der Waals surface area contributed by atoms with E-state index in [1.807, 2.05) is 45.2 Å². The van der Waals surface area contributed by atoms with Crippen molar-refractivity contribution >= 4 is 22.8 Å². The first-order chi connectivity index (χ1) is 14.8. The predicted molar refractivity (Wildman–Crippen MR) is 124 cm³/mol. The number of hydrogen-bond acceptors (Lipinski definition) is 6. The van der Waals surface area contributed by atoms with Crippen molar-refractivity contribution in [1.29, 1.82) is 0 Å². The van der Waals surface area contributed by atoms with Crippen LogP contribution in [0.4, 0.5) is 5.82 Å². The molecule has 0 aliphatic rings. The summed E-state index contributed by atoms with van der Waals surface area (Å²) in [5, 5.41) is 0. The summed E-state index contributed by atoms with van der Waals surface area (Å²) in [5.74, 6) is 1.37. The Balaban J connectivity index is 2.03. The van der Waals surface area contributed by atoms with Crippen molar-refractivity contribution in [2.45, 2.75) is 46.8 Å². The second-order valence-corrected chi connectivity index (χ2v) is 8.32. The molecule has 31 heavy (non-hydrogen) atoms. The molecule has 2 heterocycles. The molecule has 7 heteroatoms. The zero-order valence-electron chi connectivity index (χ0n) is 19.3. The maximum absolute atomic E-state index is 12.0. The van der Waals surface area contributed by atoms with Crippen LogP contribution in [0.25, 0.3) is 22.4 Å². The minimum absolute atomic E-state index is 0.221. The molecule has 1 aromatic carbocycles. The lowest BCUT2D eigenvalue weighted by molar-refractivity contribution is -0.00636. The second-order valence-electron chi connectivity index (χ2n) is 8.32. The van der Waals surface area contributed by atoms with Gasteiger partial charge in [0.2, 0.25) is 0 Å². The third-order valence-corrected chi connectivity index (χ3v) is 5.11. The first kappa shape index (κ1) is 22.7. The molecule has 0 radical (unpaired) electrons. The average Bonchev–Trinajstić information content (AvgIpc) is 3.11. The summed E-state index contributed by atoms with van der Waals surface area (Å²) in [6.45, 7) is 13.3. The van der Waals surface area contributed by atoms with E-state index in [0.717, 1.165) is 41.3 Å². The topological polar surface area (TPSA) is 69.5 Å². The van der Waals surface area contributed by atoms with Gasteiger partial charge in [0.15, 0.2) is 0 Å². The summed E-state index contributed by atoms with van der Waals surface area (Å²) in [5.41, 5.74) is 2.85. The lowest BCUT2D eigenvalue weighted by Crippen LogP contribution is -2.23. The van der Waals surface area contributed by atoms with Crippen LogP contribution < -0.4 is 4.90 Å². The Morgan fingerprint density at radius 2 is 1.87 bits per heavy atom. The van der Waals surface area contributed by atoms with Crippen LogP contribution in [-0.2, 0) is 16.0 Å². The quantitative estimate of drug-likeness (QED) is 0.494. The summed E-state index contributed by atoms with van der Waals surface area (Å²) in [6.07, 6.45) is 1.86. The summed E-state index contributed by atoms with van der Waals surface area (Å²) in [4.78, 5) is 23.7. The molecule has 0 N–H and O–H groups in total. The Kier molecular flexibility index (Phi) is 6.95. The van der Waals surface area contributed by atoms with Gasteiger partial charge in [-0.05, 0) is 65.0 Å². The number of aromatic nitrogens is 3. The fourth-order valence-electron chi connectivity index (χ4n) is 3.52. The van der Waals surface area contributed by atoms with E-state index in [9.17, 15) is 4.79 Å². The van der Waals surface area contributed by atoms with Crippen molar-refractivity contribution in [3.05, 3.63) is 42.1 Å². The van der Waals surface area contributed by atoms with E-state index in [-0.39, 0.29) is 11.6 Å². The molecule has 2 aromatic heterocycles. The van der Waals surface area contributed by atoms with E-state index in [4.69, 9.17) is 14.5 Å². The molecule has 0 fully saturated rings. The molecular weight excluding hydrogens is 392 g/mol. The molecule has 0 unspecified atom stereocenters. The normalized spacial score (nSPS) is 11.7. The zero-order valence-corrected chi connectivity index (χ0v) is 19.3. The molecule has 0 aliphatic heterocycles. The van der Waals surface area contributed by atoms with Crippen LogP contribution in [0.1, 0.15) is 45.0 Å². The fourth-order valence-corrected chi connectivity index (χ4v) is 3.52. The van der Waals surface area contributed by atoms with Gasteiger partial charge in [-0.25, -0.2) is 14.8 Å². The molecule has 0 saturated heterocycles.